The van der Waals surface area contributed by atoms with E-state index in [0.29, 0.717) is 23.3 Å². The van der Waals surface area contributed by atoms with Gasteiger partial charge >= 0.3 is 5.97 Å². The lowest BCUT2D eigenvalue weighted by Gasteiger charge is -2.65. The maximum absolute atomic E-state index is 12.8. The van der Waals surface area contributed by atoms with Crippen LogP contribution in [0.2, 0.25) is 0 Å². The van der Waals surface area contributed by atoms with Gasteiger partial charge in [0, 0.05) is 11.5 Å². The summed E-state index contributed by atoms with van der Waals surface area (Å²) in [6, 6.07) is 0.552. The van der Waals surface area contributed by atoms with Crippen LogP contribution in [0, 0.1) is 40.4 Å². The molecular formula is C23H35NO2. The van der Waals surface area contributed by atoms with Crippen molar-refractivity contribution in [2.45, 2.75) is 71.8 Å². The van der Waals surface area contributed by atoms with Crippen LogP contribution in [0.3, 0.4) is 0 Å². The lowest BCUT2D eigenvalue weighted by atomic mass is 9.43. The van der Waals surface area contributed by atoms with Gasteiger partial charge in [0.05, 0.1) is 13.0 Å². The zero-order valence-electron chi connectivity index (χ0n) is 16.9. The number of nitrogens with one attached hydrogen (secondary N) is 1. The quantitative estimate of drug-likeness (QED) is 0.591. The van der Waals surface area contributed by atoms with E-state index in [0.717, 1.165) is 18.3 Å². The lowest BCUT2D eigenvalue weighted by Crippen LogP contribution is -2.68. The first-order valence-corrected chi connectivity index (χ1v) is 11.0. The van der Waals surface area contributed by atoms with Crippen LogP contribution in [0.25, 0.3) is 0 Å². The SMILES string of the molecule is COC(=O)[C@H]1C[C@]23C4=C(CC[C@@H]5CN[C@H]2[C@@H](C(C)C)CC[C@@]53C)CC[C@H]41. The first-order chi connectivity index (χ1) is 12.4. The summed E-state index contributed by atoms with van der Waals surface area (Å²) >= 11 is 0. The average molecular weight is 358 g/mol. The molecule has 3 nitrogen and oxygen atoms in total. The lowest BCUT2D eigenvalue weighted by molar-refractivity contribution is -0.149. The third-order valence-corrected chi connectivity index (χ3v) is 9.63. The Kier molecular flexibility index (Phi) is 3.72. The molecule has 0 aromatic rings. The molecule has 7 atom stereocenters. The van der Waals surface area contributed by atoms with Crippen molar-refractivity contribution in [3.63, 3.8) is 0 Å². The molecule has 1 spiro atoms. The molecule has 26 heavy (non-hydrogen) atoms. The Balaban J connectivity index is 1.72. The van der Waals surface area contributed by atoms with Crippen molar-refractivity contribution in [3.05, 3.63) is 11.1 Å². The summed E-state index contributed by atoms with van der Waals surface area (Å²) in [4.78, 5) is 12.8. The number of rotatable bonds is 2. The predicted molar refractivity (Wildman–Crippen MR) is 102 cm³/mol. The molecule has 1 N–H and O–H groups in total. The summed E-state index contributed by atoms with van der Waals surface area (Å²) < 4.78 is 5.30. The predicted octanol–water partition coefficient (Wildman–Crippen LogP) is 4.33. The standard InChI is InChI=1S/C23H35NO2/c1-13(2)16-9-10-22(3)15-7-5-14-6-8-17-18(21(25)26-4)11-23(22,19(14)17)20(16)24-12-15/h13,15-18,20,24H,5-12H2,1-4H3/t15-,16-,17+,18+,20+,22+,23+/m1/s1. The minimum Gasteiger partial charge on any atom is -0.469 e. The smallest absolute Gasteiger partial charge is 0.309 e. The first-order valence-electron chi connectivity index (χ1n) is 11.0. The molecule has 4 bridgehead atoms. The molecule has 3 heteroatoms. The summed E-state index contributed by atoms with van der Waals surface area (Å²) in [7, 11) is 1.58. The van der Waals surface area contributed by atoms with E-state index < -0.39 is 0 Å². The highest BCUT2D eigenvalue weighted by molar-refractivity contribution is 5.75. The van der Waals surface area contributed by atoms with Crippen LogP contribution in [0.15, 0.2) is 11.1 Å². The minimum absolute atomic E-state index is 0.0519. The van der Waals surface area contributed by atoms with Gasteiger partial charge in [-0.1, -0.05) is 31.9 Å². The molecule has 0 aromatic carbocycles. The van der Waals surface area contributed by atoms with Gasteiger partial charge in [0.25, 0.3) is 0 Å². The van der Waals surface area contributed by atoms with E-state index in [1.54, 1.807) is 18.3 Å². The fourth-order valence-electron chi connectivity index (χ4n) is 8.47. The summed E-state index contributed by atoms with van der Waals surface area (Å²) in [5.74, 6) is 2.80. The van der Waals surface area contributed by atoms with Crippen molar-refractivity contribution < 1.29 is 9.53 Å². The van der Waals surface area contributed by atoms with Crippen LogP contribution in [0.4, 0.5) is 0 Å². The van der Waals surface area contributed by atoms with Crippen molar-refractivity contribution in [1.82, 2.24) is 5.32 Å². The van der Waals surface area contributed by atoms with Gasteiger partial charge in [0.1, 0.15) is 0 Å². The third-order valence-electron chi connectivity index (χ3n) is 9.63. The Morgan fingerprint density at radius 2 is 2.00 bits per heavy atom. The van der Waals surface area contributed by atoms with E-state index in [1.807, 2.05) is 0 Å². The van der Waals surface area contributed by atoms with Crippen LogP contribution >= 0.6 is 0 Å². The summed E-state index contributed by atoms with van der Waals surface area (Å²) in [5.41, 5.74) is 4.06. The first kappa shape index (κ1) is 17.3. The van der Waals surface area contributed by atoms with Gasteiger partial charge in [-0.25, -0.2) is 0 Å². The molecular weight excluding hydrogens is 322 g/mol. The number of carbonyl (C=O) groups excluding carboxylic acids is 1. The third kappa shape index (κ3) is 1.86. The number of methoxy groups -OCH3 is 1. The number of ether oxygens (including phenoxy) is 1. The molecule has 1 aliphatic heterocycles. The van der Waals surface area contributed by atoms with E-state index in [-0.39, 0.29) is 17.3 Å². The van der Waals surface area contributed by atoms with Crippen molar-refractivity contribution in [3.8, 4) is 0 Å². The largest absolute Gasteiger partial charge is 0.469 e. The molecule has 2 saturated carbocycles. The van der Waals surface area contributed by atoms with Crippen molar-refractivity contribution in [1.29, 1.82) is 0 Å². The van der Waals surface area contributed by atoms with E-state index in [2.05, 4.69) is 26.1 Å². The Hall–Kier alpha value is -0.830. The van der Waals surface area contributed by atoms with Crippen LogP contribution < -0.4 is 5.32 Å². The van der Waals surface area contributed by atoms with Crippen molar-refractivity contribution in [2.24, 2.45) is 40.4 Å². The number of hydrogen-bond donors (Lipinski definition) is 1. The second kappa shape index (κ2) is 5.59. The molecule has 0 unspecified atom stereocenters. The van der Waals surface area contributed by atoms with Crippen LogP contribution in [0.1, 0.15) is 65.7 Å². The van der Waals surface area contributed by atoms with Crippen LogP contribution in [0.5, 0.6) is 0 Å². The summed E-state index contributed by atoms with van der Waals surface area (Å²) in [6.45, 7) is 8.60. The Labute approximate surface area is 158 Å². The number of carbonyl (C=O) groups is 1. The van der Waals surface area contributed by atoms with E-state index in [4.69, 9.17) is 4.74 Å². The number of esters is 1. The molecule has 144 valence electrons. The highest BCUT2D eigenvalue weighted by Crippen LogP contribution is 2.74. The molecule has 4 aliphatic carbocycles. The Morgan fingerprint density at radius 3 is 2.73 bits per heavy atom. The maximum atomic E-state index is 12.8. The molecule has 0 amide bonds. The molecule has 0 radical (unpaired) electrons. The Bertz CT molecular complexity index is 667. The summed E-state index contributed by atoms with van der Waals surface area (Å²) in [5, 5.41) is 4.07. The molecule has 5 aliphatic rings. The molecule has 1 saturated heterocycles. The average Bonchev–Trinajstić information content (AvgIpc) is 3.14. The zero-order chi connectivity index (χ0) is 18.3. The van der Waals surface area contributed by atoms with Crippen molar-refractivity contribution in [2.75, 3.05) is 13.7 Å². The van der Waals surface area contributed by atoms with Crippen LogP contribution in [-0.4, -0.2) is 25.7 Å². The van der Waals surface area contributed by atoms with E-state index in [1.165, 1.54) is 45.1 Å². The highest BCUT2D eigenvalue weighted by atomic mass is 16.5. The number of hydrogen-bond acceptors (Lipinski definition) is 3. The van der Waals surface area contributed by atoms with Gasteiger partial charge < -0.3 is 10.1 Å². The van der Waals surface area contributed by atoms with Gasteiger partial charge in [-0.15, -0.1) is 0 Å². The maximum Gasteiger partial charge on any atom is 0.309 e. The topological polar surface area (TPSA) is 38.3 Å². The van der Waals surface area contributed by atoms with Gasteiger partial charge in [0.15, 0.2) is 0 Å². The molecule has 3 fully saturated rings. The zero-order valence-corrected chi connectivity index (χ0v) is 16.9. The van der Waals surface area contributed by atoms with Gasteiger partial charge in [-0.3, -0.25) is 4.79 Å². The molecule has 1 heterocycles. The monoisotopic (exact) mass is 357 g/mol. The Morgan fingerprint density at radius 1 is 1.23 bits per heavy atom. The number of allylic oxidation sites excluding steroid dienone is 1. The van der Waals surface area contributed by atoms with Gasteiger partial charge in [-0.2, -0.15) is 0 Å². The summed E-state index contributed by atoms with van der Waals surface area (Å²) in [6.07, 6.45) is 8.78. The van der Waals surface area contributed by atoms with Crippen LogP contribution in [-0.2, 0) is 9.53 Å². The second-order valence-corrected chi connectivity index (χ2v) is 10.5. The van der Waals surface area contributed by atoms with Crippen molar-refractivity contribution >= 4 is 5.97 Å². The fraction of sp³-hybridized carbons (Fsp3) is 0.870. The van der Waals surface area contributed by atoms with E-state index >= 15 is 0 Å². The highest BCUT2D eigenvalue weighted by Gasteiger charge is 2.71. The van der Waals surface area contributed by atoms with Gasteiger partial charge in [-0.05, 0) is 80.6 Å². The minimum atomic E-state index is 0.0519. The number of piperidine rings is 1. The normalized spacial score (nSPS) is 49.2. The molecule has 5 rings (SSSR count). The fourth-order valence-corrected chi connectivity index (χ4v) is 8.47. The molecule has 0 aromatic heterocycles. The van der Waals surface area contributed by atoms with Gasteiger partial charge in [0.2, 0.25) is 0 Å². The van der Waals surface area contributed by atoms with E-state index in [9.17, 15) is 4.79 Å². The second-order valence-electron chi connectivity index (χ2n) is 10.5.